The Bertz CT molecular complexity index is 1040. The van der Waals surface area contributed by atoms with Gasteiger partial charge in [-0.15, -0.1) is 0 Å². The molecule has 0 aromatic heterocycles. The van der Waals surface area contributed by atoms with Gasteiger partial charge >= 0.3 is 5.97 Å². The van der Waals surface area contributed by atoms with Crippen molar-refractivity contribution in [2.45, 2.75) is 4.90 Å². The molecule has 0 saturated carbocycles. The van der Waals surface area contributed by atoms with Crippen LogP contribution in [-0.2, 0) is 24.3 Å². The molecule has 2 aromatic rings. The Balaban J connectivity index is 1.67. The van der Waals surface area contributed by atoms with Crippen molar-refractivity contribution in [1.82, 2.24) is 4.31 Å². The third-order valence-corrected chi connectivity index (χ3v) is 6.70. The second kappa shape index (κ2) is 9.76. The standard InChI is InChI=1S/C19H18Cl2N2O6S/c20-13-1-3-14(4-2-13)22-18(24)12-29-19(25)16-11-15(5-6-17(16)21)30(26,27)23-7-9-28-10-8-23/h1-6,11H,7-10,12H2,(H,22,24). The highest BCUT2D eigenvalue weighted by molar-refractivity contribution is 7.89. The number of benzene rings is 2. The van der Waals surface area contributed by atoms with Crippen molar-refractivity contribution < 1.29 is 27.5 Å². The summed E-state index contributed by atoms with van der Waals surface area (Å²) in [7, 11) is -3.81. The predicted molar refractivity (Wildman–Crippen MR) is 111 cm³/mol. The van der Waals surface area contributed by atoms with Crippen molar-refractivity contribution in [2.24, 2.45) is 0 Å². The number of hydrogen-bond donors (Lipinski definition) is 1. The average molecular weight is 473 g/mol. The Kier molecular flexibility index (Phi) is 7.32. The lowest BCUT2D eigenvalue weighted by molar-refractivity contribution is -0.119. The number of carbonyl (C=O) groups excluding carboxylic acids is 2. The van der Waals surface area contributed by atoms with Crippen molar-refractivity contribution in [2.75, 3.05) is 38.2 Å². The normalized spacial score (nSPS) is 14.9. The van der Waals surface area contributed by atoms with E-state index >= 15 is 0 Å². The minimum absolute atomic E-state index is 0.0130. The van der Waals surface area contributed by atoms with Gasteiger partial charge < -0.3 is 14.8 Å². The van der Waals surface area contributed by atoms with Crippen molar-refractivity contribution in [1.29, 1.82) is 0 Å². The zero-order valence-electron chi connectivity index (χ0n) is 15.6. The average Bonchev–Trinajstić information content (AvgIpc) is 2.74. The molecule has 0 radical (unpaired) electrons. The number of rotatable bonds is 6. The first kappa shape index (κ1) is 22.5. The molecule has 1 aliphatic rings. The van der Waals surface area contributed by atoms with Crippen molar-refractivity contribution >= 4 is 50.8 Å². The fraction of sp³-hybridized carbons (Fsp3) is 0.263. The van der Waals surface area contributed by atoms with Crippen LogP contribution in [0.25, 0.3) is 0 Å². The van der Waals surface area contributed by atoms with Gasteiger partial charge in [0.25, 0.3) is 5.91 Å². The Labute approximate surface area is 183 Å². The Morgan fingerprint density at radius 3 is 2.40 bits per heavy atom. The minimum atomic E-state index is -3.81. The van der Waals surface area contributed by atoms with Crippen LogP contribution in [0.2, 0.25) is 10.0 Å². The van der Waals surface area contributed by atoms with Gasteiger partial charge in [0.2, 0.25) is 10.0 Å². The van der Waals surface area contributed by atoms with Gasteiger partial charge in [-0.25, -0.2) is 13.2 Å². The van der Waals surface area contributed by atoms with Gasteiger partial charge in [-0.2, -0.15) is 4.31 Å². The first-order valence-corrected chi connectivity index (χ1v) is 11.1. The van der Waals surface area contributed by atoms with Crippen LogP contribution in [0.5, 0.6) is 0 Å². The summed E-state index contributed by atoms with van der Waals surface area (Å²) in [5.41, 5.74) is 0.336. The summed E-state index contributed by atoms with van der Waals surface area (Å²) in [6.45, 7) is 0.457. The molecule has 0 unspecified atom stereocenters. The topological polar surface area (TPSA) is 102 Å². The summed E-state index contributed by atoms with van der Waals surface area (Å²) >= 11 is 11.8. The number of ether oxygens (including phenoxy) is 2. The van der Waals surface area contributed by atoms with Gasteiger partial charge in [-0.1, -0.05) is 23.2 Å². The third-order valence-electron chi connectivity index (χ3n) is 4.23. The van der Waals surface area contributed by atoms with E-state index in [4.69, 9.17) is 32.7 Å². The number of esters is 1. The Hall–Kier alpha value is -2.17. The molecule has 8 nitrogen and oxygen atoms in total. The van der Waals surface area contributed by atoms with Gasteiger partial charge in [0.05, 0.1) is 28.7 Å². The van der Waals surface area contributed by atoms with Crippen LogP contribution in [0.4, 0.5) is 5.69 Å². The number of halogens is 2. The molecule has 0 aliphatic carbocycles. The van der Waals surface area contributed by atoms with Crippen molar-refractivity contribution in [3.05, 3.63) is 58.1 Å². The summed E-state index contributed by atoms with van der Waals surface area (Å²) in [6.07, 6.45) is 0. The summed E-state index contributed by atoms with van der Waals surface area (Å²) in [5.74, 6) is -1.48. The van der Waals surface area contributed by atoms with Gasteiger partial charge in [-0.3, -0.25) is 4.79 Å². The summed E-state index contributed by atoms with van der Waals surface area (Å²) in [5, 5.41) is 3.07. The maximum atomic E-state index is 12.8. The van der Waals surface area contributed by atoms with Crippen LogP contribution >= 0.6 is 23.2 Å². The highest BCUT2D eigenvalue weighted by Crippen LogP contribution is 2.24. The van der Waals surface area contributed by atoms with Crippen LogP contribution in [0, 0.1) is 0 Å². The lowest BCUT2D eigenvalue weighted by atomic mass is 10.2. The molecular formula is C19H18Cl2N2O6S. The monoisotopic (exact) mass is 472 g/mol. The molecule has 0 bridgehead atoms. The highest BCUT2D eigenvalue weighted by atomic mass is 35.5. The summed E-state index contributed by atoms with van der Waals surface area (Å²) < 4.78 is 37.0. The summed E-state index contributed by atoms with van der Waals surface area (Å²) in [6, 6.07) is 10.2. The molecule has 1 N–H and O–H groups in total. The number of amides is 1. The number of nitrogens with zero attached hydrogens (tertiary/aromatic N) is 1. The van der Waals surface area contributed by atoms with E-state index in [-0.39, 0.29) is 28.6 Å². The molecular weight excluding hydrogens is 455 g/mol. The second-order valence-electron chi connectivity index (χ2n) is 6.29. The van der Waals surface area contributed by atoms with E-state index in [1.807, 2.05) is 0 Å². The van der Waals surface area contributed by atoms with Gasteiger partial charge in [0, 0.05) is 23.8 Å². The maximum absolute atomic E-state index is 12.8. The molecule has 1 heterocycles. The molecule has 2 aromatic carbocycles. The molecule has 11 heteroatoms. The van der Waals surface area contributed by atoms with Crippen molar-refractivity contribution in [3.63, 3.8) is 0 Å². The fourth-order valence-electron chi connectivity index (χ4n) is 2.70. The highest BCUT2D eigenvalue weighted by Gasteiger charge is 2.28. The molecule has 1 fully saturated rings. The molecule has 1 amide bonds. The largest absolute Gasteiger partial charge is 0.452 e. The van der Waals surface area contributed by atoms with Crippen LogP contribution in [0.15, 0.2) is 47.4 Å². The molecule has 0 atom stereocenters. The second-order valence-corrected chi connectivity index (χ2v) is 9.07. The minimum Gasteiger partial charge on any atom is -0.452 e. The molecule has 160 valence electrons. The van der Waals surface area contributed by atoms with Crippen molar-refractivity contribution in [3.8, 4) is 0 Å². The molecule has 1 aliphatic heterocycles. The van der Waals surface area contributed by atoms with E-state index in [0.717, 1.165) is 6.07 Å². The zero-order valence-corrected chi connectivity index (χ0v) is 18.0. The number of nitrogens with one attached hydrogen (secondary N) is 1. The number of hydrogen-bond acceptors (Lipinski definition) is 6. The van der Waals surface area contributed by atoms with Crippen LogP contribution < -0.4 is 5.32 Å². The lowest BCUT2D eigenvalue weighted by Gasteiger charge is -2.26. The predicted octanol–water partition coefficient (Wildman–Crippen LogP) is 2.81. The molecule has 0 spiro atoms. The third kappa shape index (κ3) is 5.50. The number of carbonyl (C=O) groups is 2. The first-order valence-electron chi connectivity index (χ1n) is 8.87. The van der Waals surface area contributed by atoms with Gasteiger partial charge in [0.1, 0.15) is 0 Å². The Morgan fingerprint density at radius 2 is 1.73 bits per heavy atom. The molecule has 1 saturated heterocycles. The van der Waals surface area contributed by atoms with E-state index in [1.165, 1.54) is 16.4 Å². The van der Waals surface area contributed by atoms with E-state index in [1.54, 1.807) is 24.3 Å². The zero-order chi connectivity index (χ0) is 21.7. The van der Waals surface area contributed by atoms with Crippen LogP contribution in [-0.4, -0.2) is 57.5 Å². The van der Waals surface area contributed by atoms with Gasteiger partial charge in [-0.05, 0) is 42.5 Å². The summed E-state index contributed by atoms with van der Waals surface area (Å²) in [4.78, 5) is 24.3. The lowest BCUT2D eigenvalue weighted by Crippen LogP contribution is -2.40. The smallest absolute Gasteiger partial charge is 0.340 e. The van der Waals surface area contributed by atoms with Crippen LogP contribution in [0.3, 0.4) is 0 Å². The van der Waals surface area contributed by atoms with E-state index in [9.17, 15) is 18.0 Å². The quantitative estimate of drug-likeness (QED) is 0.648. The SMILES string of the molecule is O=C(COC(=O)c1cc(S(=O)(=O)N2CCOCC2)ccc1Cl)Nc1ccc(Cl)cc1. The van der Waals surface area contributed by atoms with E-state index in [2.05, 4.69) is 5.32 Å². The molecule has 3 rings (SSSR count). The number of anilines is 1. The van der Waals surface area contributed by atoms with Crippen LogP contribution in [0.1, 0.15) is 10.4 Å². The number of sulfonamides is 1. The first-order chi connectivity index (χ1) is 14.3. The Morgan fingerprint density at radius 1 is 1.07 bits per heavy atom. The van der Waals surface area contributed by atoms with Gasteiger partial charge in [0.15, 0.2) is 6.61 Å². The molecule has 30 heavy (non-hydrogen) atoms. The van der Waals surface area contributed by atoms with E-state index < -0.39 is 28.5 Å². The van der Waals surface area contributed by atoms with E-state index in [0.29, 0.717) is 23.9 Å². The maximum Gasteiger partial charge on any atom is 0.340 e. The number of morpholine rings is 1. The fourth-order valence-corrected chi connectivity index (χ4v) is 4.45.